The molecule has 0 aliphatic carbocycles. The fraction of sp³-hybridized carbons (Fsp3) is 0.429. The van der Waals surface area contributed by atoms with Gasteiger partial charge in [0.2, 0.25) is 0 Å². The van der Waals surface area contributed by atoms with Crippen molar-refractivity contribution >= 4 is 23.1 Å². The minimum absolute atomic E-state index is 0.194. The predicted molar refractivity (Wildman–Crippen MR) is 77.2 cm³/mol. The Kier molecular flexibility index (Phi) is 4.24. The molecular formula is C14H19N3O3. The van der Waals surface area contributed by atoms with Crippen LogP contribution < -0.4 is 5.32 Å². The van der Waals surface area contributed by atoms with E-state index in [1.165, 1.54) is 12.1 Å². The standard InChI is InChI=1S/C14H19N3O3/c1-9(2)17(3)7-6-15-14-16-11-5-4-10(13(18)19)8-12(11)20-14/h4-5,8-9H,6-7H2,1-3H3,(H,15,16)(H,18,19). The zero-order chi connectivity index (χ0) is 14.7. The molecule has 0 spiro atoms. The summed E-state index contributed by atoms with van der Waals surface area (Å²) in [4.78, 5) is 17.4. The Balaban J connectivity index is 2.03. The van der Waals surface area contributed by atoms with E-state index in [1.54, 1.807) is 6.07 Å². The topological polar surface area (TPSA) is 78.6 Å². The van der Waals surface area contributed by atoms with E-state index in [0.717, 1.165) is 6.54 Å². The molecule has 0 saturated heterocycles. The summed E-state index contributed by atoms with van der Waals surface area (Å²) in [5.74, 6) is -0.976. The lowest BCUT2D eigenvalue weighted by atomic mass is 10.2. The maximum absolute atomic E-state index is 10.9. The lowest BCUT2D eigenvalue weighted by Gasteiger charge is -2.20. The second-order valence-corrected chi connectivity index (χ2v) is 5.01. The van der Waals surface area contributed by atoms with Crippen LogP contribution in [0.2, 0.25) is 0 Å². The summed E-state index contributed by atoms with van der Waals surface area (Å²) in [7, 11) is 2.05. The van der Waals surface area contributed by atoms with E-state index in [4.69, 9.17) is 9.52 Å². The number of nitrogens with one attached hydrogen (secondary N) is 1. The molecule has 6 nitrogen and oxygen atoms in total. The Labute approximate surface area is 117 Å². The van der Waals surface area contributed by atoms with Gasteiger partial charge in [-0.05, 0) is 39.1 Å². The summed E-state index contributed by atoms with van der Waals surface area (Å²) < 4.78 is 5.50. The fourth-order valence-corrected chi connectivity index (χ4v) is 1.73. The Morgan fingerprint density at radius 2 is 2.25 bits per heavy atom. The van der Waals surface area contributed by atoms with E-state index in [9.17, 15) is 4.79 Å². The number of hydrogen-bond donors (Lipinski definition) is 2. The molecule has 0 aliphatic heterocycles. The first kappa shape index (κ1) is 14.3. The summed E-state index contributed by atoms with van der Waals surface area (Å²) in [6.45, 7) is 5.85. The van der Waals surface area contributed by atoms with Crippen LogP contribution in [0.4, 0.5) is 6.01 Å². The first-order chi connectivity index (χ1) is 9.47. The number of nitrogens with zero attached hydrogens (tertiary/aromatic N) is 2. The van der Waals surface area contributed by atoms with Crippen molar-refractivity contribution in [1.82, 2.24) is 9.88 Å². The zero-order valence-electron chi connectivity index (χ0n) is 11.9. The van der Waals surface area contributed by atoms with Gasteiger partial charge in [0.05, 0.1) is 5.56 Å². The molecule has 0 bridgehead atoms. The molecule has 0 aliphatic rings. The average molecular weight is 277 g/mol. The van der Waals surface area contributed by atoms with Gasteiger partial charge in [0.25, 0.3) is 6.01 Å². The van der Waals surface area contributed by atoms with Crippen LogP contribution in [0, 0.1) is 0 Å². The molecule has 0 atom stereocenters. The fourth-order valence-electron chi connectivity index (χ4n) is 1.73. The van der Waals surface area contributed by atoms with Gasteiger partial charge in [-0.25, -0.2) is 4.79 Å². The summed E-state index contributed by atoms with van der Waals surface area (Å²) in [6.07, 6.45) is 0. The third-order valence-electron chi connectivity index (χ3n) is 3.26. The van der Waals surface area contributed by atoms with Crippen LogP contribution in [0.15, 0.2) is 22.6 Å². The second kappa shape index (κ2) is 5.92. The number of benzene rings is 1. The van der Waals surface area contributed by atoms with Crippen LogP contribution in [0.3, 0.4) is 0 Å². The molecule has 20 heavy (non-hydrogen) atoms. The number of carbonyl (C=O) groups is 1. The van der Waals surface area contributed by atoms with E-state index in [2.05, 4.69) is 36.1 Å². The Hall–Kier alpha value is -2.08. The monoisotopic (exact) mass is 277 g/mol. The van der Waals surface area contributed by atoms with E-state index in [0.29, 0.717) is 29.7 Å². The molecule has 1 aromatic carbocycles. The van der Waals surface area contributed by atoms with Crippen LogP contribution in [0.5, 0.6) is 0 Å². The van der Waals surface area contributed by atoms with E-state index < -0.39 is 5.97 Å². The van der Waals surface area contributed by atoms with Crippen LogP contribution >= 0.6 is 0 Å². The van der Waals surface area contributed by atoms with Gasteiger partial charge in [0, 0.05) is 19.1 Å². The van der Waals surface area contributed by atoms with Crippen LogP contribution in [-0.2, 0) is 0 Å². The molecular weight excluding hydrogens is 258 g/mol. The van der Waals surface area contributed by atoms with Gasteiger partial charge in [-0.1, -0.05) is 0 Å². The largest absolute Gasteiger partial charge is 0.478 e. The Bertz CT molecular complexity index is 607. The molecule has 0 fully saturated rings. The predicted octanol–water partition coefficient (Wildman–Crippen LogP) is 2.28. The first-order valence-corrected chi connectivity index (χ1v) is 6.55. The molecule has 0 amide bonds. The van der Waals surface area contributed by atoms with Crippen molar-refractivity contribution in [2.75, 3.05) is 25.5 Å². The highest BCUT2D eigenvalue weighted by atomic mass is 16.4. The number of carboxylic acids is 1. The van der Waals surface area contributed by atoms with Gasteiger partial charge in [-0.2, -0.15) is 4.98 Å². The van der Waals surface area contributed by atoms with Crippen LogP contribution in [0.1, 0.15) is 24.2 Å². The number of anilines is 1. The summed E-state index contributed by atoms with van der Waals surface area (Å²) in [5.41, 5.74) is 1.32. The van der Waals surface area contributed by atoms with Crippen molar-refractivity contribution in [3.8, 4) is 0 Å². The molecule has 2 rings (SSSR count). The van der Waals surface area contributed by atoms with Gasteiger partial charge in [-0.15, -0.1) is 0 Å². The van der Waals surface area contributed by atoms with Crippen molar-refractivity contribution in [1.29, 1.82) is 0 Å². The zero-order valence-corrected chi connectivity index (χ0v) is 11.9. The van der Waals surface area contributed by atoms with Crippen molar-refractivity contribution in [3.63, 3.8) is 0 Å². The normalized spacial score (nSPS) is 11.4. The number of oxazole rings is 1. The quantitative estimate of drug-likeness (QED) is 0.843. The molecule has 1 aromatic heterocycles. The van der Waals surface area contributed by atoms with Gasteiger partial charge in [-0.3, -0.25) is 0 Å². The van der Waals surface area contributed by atoms with Crippen LogP contribution in [-0.4, -0.2) is 47.1 Å². The third kappa shape index (κ3) is 3.27. The lowest BCUT2D eigenvalue weighted by Crippen LogP contribution is -2.31. The molecule has 0 unspecified atom stereocenters. The van der Waals surface area contributed by atoms with Gasteiger partial charge in [0.1, 0.15) is 5.52 Å². The van der Waals surface area contributed by atoms with Gasteiger partial charge >= 0.3 is 5.97 Å². The highest BCUT2D eigenvalue weighted by Crippen LogP contribution is 2.20. The highest BCUT2D eigenvalue weighted by Gasteiger charge is 2.10. The number of aromatic carboxylic acids is 1. The second-order valence-electron chi connectivity index (χ2n) is 5.01. The van der Waals surface area contributed by atoms with E-state index in [-0.39, 0.29) is 5.56 Å². The highest BCUT2D eigenvalue weighted by molar-refractivity contribution is 5.92. The average Bonchev–Trinajstić information content (AvgIpc) is 2.79. The molecule has 1 heterocycles. The maximum atomic E-state index is 10.9. The number of carboxylic acid groups (broad SMARTS) is 1. The Morgan fingerprint density at radius 3 is 2.90 bits per heavy atom. The van der Waals surface area contributed by atoms with E-state index in [1.807, 2.05) is 0 Å². The summed E-state index contributed by atoms with van der Waals surface area (Å²) in [6, 6.07) is 5.55. The Morgan fingerprint density at radius 1 is 1.50 bits per heavy atom. The van der Waals surface area contributed by atoms with Crippen LogP contribution in [0.25, 0.3) is 11.1 Å². The maximum Gasteiger partial charge on any atom is 0.335 e. The SMILES string of the molecule is CC(C)N(C)CCNc1nc2ccc(C(=O)O)cc2o1. The van der Waals surface area contributed by atoms with Crippen molar-refractivity contribution in [3.05, 3.63) is 23.8 Å². The molecule has 108 valence electrons. The molecule has 0 saturated carbocycles. The molecule has 2 N–H and O–H groups in total. The lowest BCUT2D eigenvalue weighted by molar-refractivity contribution is 0.0697. The number of fused-ring (bicyclic) bond motifs is 1. The summed E-state index contributed by atoms with van der Waals surface area (Å²) in [5, 5.41) is 12.0. The number of rotatable bonds is 6. The molecule has 0 radical (unpaired) electrons. The molecule has 6 heteroatoms. The number of aromatic nitrogens is 1. The number of likely N-dealkylation sites (N-methyl/N-ethyl adjacent to an activating group) is 1. The molecule has 2 aromatic rings. The smallest absolute Gasteiger partial charge is 0.335 e. The van der Waals surface area contributed by atoms with Gasteiger partial charge in [0.15, 0.2) is 5.58 Å². The van der Waals surface area contributed by atoms with Crippen molar-refractivity contribution < 1.29 is 14.3 Å². The van der Waals surface area contributed by atoms with E-state index >= 15 is 0 Å². The minimum atomic E-state index is -0.976. The van der Waals surface area contributed by atoms with Crippen molar-refractivity contribution in [2.24, 2.45) is 0 Å². The number of hydrogen-bond acceptors (Lipinski definition) is 5. The third-order valence-corrected chi connectivity index (χ3v) is 3.26. The van der Waals surface area contributed by atoms with Gasteiger partial charge < -0.3 is 19.7 Å². The first-order valence-electron chi connectivity index (χ1n) is 6.55. The minimum Gasteiger partial charge on any atom is -0.478 e. The summed E-state index contributed by atoms with van der Waals surface area (Å²) >= 11 is 0. The van der Waals surface area contributed by atoms with Crippen molar-refractivity contribution in [2.45, 2.75) is 19.9 Å².